The molecule has 2 aromatic carbocycles. The number of hydrogen-bond donors (Lipinski definition) is 1. The Morgan fingerprint density at radius 1 is 1.27 bits per heavy atom. The van der Waals surface area contributed by atoms with Crippen molar-refractivity contribution in [1.82, 2.24) is 9.62 Å². The highest BCUT2D eigenvalue weighted by atomic mass is 35.5. The molecule has 2 atom stereocenters. The number of carbonyl (C=O) groups excluding carboxylic acids is 1. The molecule has 198 valence electrons. The summed E-state index contributed by atoms with van der Waals surface area (Å²) in [5, 5.41) is 10.1. The molecule has 2 heterocycles. The highest BCUT2D eigenvalue weighted by Crippen LogP contribution is 2.35. The average molecular weight is 568 g/mol. The number of ether oxygens (including phenoxy) is 2. The van der Waals surface area contributed by atoms with Crippen molar-refractivity contribution in [2.24, 2.45) is 0 Å². The maximum Gasteiger partial charge on any atom is 0.259 e. The molecule has 0 bridgehead atoms. The molecule has 2 aliphatic heterocycles. The zero-order valence-corrected chi connectivity index (χ0v) is 22.5. The molecule has 1 N–H and O–H groups in total. The molecule has 11 heteroatoms. The average Bonchev–Trinajstić information content (AvgIpc) is 2.89. The number of thioether (sulfide) groups is 1. The minimum atomic E-state index is -0.789. The van der Waals surface area contributed by atoms with E-state index in [2.05, 4.69) is 10.8 Å². The minimum absolute atomic E-state index is 0.209. The van der Waals surface area contributed by atoms with E-state index in [1.165, 1.54) is 23.9 Å². The van der Waals surface area contributed by atoms with Crippen LogP contribution in [0.5, 0.6) is 5.75 Å². The molecular formula is C26H28ClF2N3O3S2. The Morgan fingerprint density at radius 3 is 2.73 bits per heavy atom. The Balaban J connectivity index is 1.41. The standard InChI is InChI=1S/C26H28ClF2N3O3S2/c27-23-12-22(37-31-26(33)24-3-1-2-10-34-24)11-17(13-30)25(23)35-20(8-9-32-14-19(29)15-32)16-36-21-6-4-18(28)5-7-21/h4-7,11-12,19-20,24H,1-3,8-10,14-16H2,(H,31,33). The fourth-order valence-corrected chi connectivity index (χ4v) is 6.01. The van der Waals surface area contributed by atoms with Gasteiger partial charge in [0.25, 0.3) is 5.91 Å². The number of nitriles is 1. The molecule has 0 aliphatic carbocycles. The van der Waals surface area contributed by atoms with E-state index in [0.717, 1.165) is 29.7 Å². The van der Waals surface area contributed by atoms with Crippen molar-refractivity contribution in [2.75, 3.05) is 32.0 Å². The van der Waals surface area contributed by atoms with Crippen molar-refractivity contribution >= 4 is 41.2 Å². The Kier molecular flexibility index (Phi) is 10.3. The second-order valence-electron chi connectivity index (χ2n) is 8.97. The first kappa shape index (κ1) is 28.0. The van der Waals surface area contributed by atoms with E-state index in [-0.39, 0.29) is 34.2 Å². The topological polar surface area (TPSA) is 74.6 Å². The molecule has 6 nitrogen and oxygen atoms in total. The largest absolute Gasteiger partial charge is 0.487 e. The van der Waals surface area contributed by atoms with Crippen molar-refractivity contribution in [3.63, 3.8) is 0 Å². The van der Waals surface area contributed by atoms with E-state index >= 15 is 0 Å². The number of alkyl halides is 1. The summed E-state index contributed by atoms with van der Waals surface area (Å²) >= 11 is 9.13. The van der Waals surface area contributed by atoms with Gasteiger partial charge in [-0.15, -0.1) is 11.8 Å². The van der Waals surface area contributed by atoms with Crippen LogP contribution in [0.2, 0.25) is 5.02 Å². The molecule has 0 saturated carbocycles. The predicted octanol–water partition coefficient (Wildman–Crippen LogP) is 5.63. The van der Waals surface area contributed by atoms with Crippen LogP contribution in [-0.4, -0.2) is 61.2 Å². The fraction of sp³-hybridized carbons (Fsp3) is 0.462. The van der Waals surface area contributed by atoms with Gasteiger partial charge in [0.1, 0.15) is 30.3 Å². The van der Waals surface area contributed by atoms with Crippen LogP contribution < -0.4 is 9.46 Å². The number of carbonyl (C=O) groups is 1. The quantitative estimate of drug-likeness (QED) is 0.279. The number of likely N-dealkylation sites (tertiary alicyclic amines) is 1. The molecule has 2 fully saturated rings. The third kappa shape index (κ3) is 8.23. The molecule has 4 rings (SSSR count). The summed E-state index contributed by atoms with van der Waals surface area (Å²) in [6.45, 7) is 2.04. The molecule has 2 saturated heterocycles. The summed E-state index contributed by atoms with van der Waals surface area (Å²) < 4.78 is 41.1. The summed E-state index contributed by atoms with van der Waals surface area (Å²) in [6.07, 6.45) is 1.62. The van der Waals surface area contributed by atoms with Crippen LogP contribution >= 0.6 is 35.3 Å². The molecule has 0 aromatic heterocycles. The summed E-state index contributed by atoms with van der Waals surface area (Å²) in [7, 11) is 0. The van der Waals surface area contributed by atoms with E-state index in [4.69, 9.17) is 21.1 Å². The summed E-state index contributed by atoms with van der Waals surface area (Å²) in [5.74, 6) is 0.293. The van der Waals surface area contributed by atoms with Crippen LogP contribution in [0.15, 0.2) is 46.2 Å². The van der Waals surface area contributed by atoms with Gasteiger partial charge in [-0.1, -0.05) is 11.6 Å². The predicted molar refractivity (Wildman–Crippen MR) is 141 cm³/mol. The molecule has 1 amide bonds. The number of nitrogens with one attached hydrogen (secondary N) is 1. The van der Waals surface area contributed by atoms with Gasteiger partial charge in [-0.3, -0.25) is 14.4 Å². The highest BCUT2D eigenvalue weighted by molar-refractivity contribution is 7.99. The molecule has 37 heavy (non-hydrogen) atoms. The zero-order chi connectivity index (χ0) is 26.2. The Labute approximate surface area is 229 Å². The van der Waals surface area contributed by atoms with Gasteiger partial charge in [-0.25, -0.2) is 8.78 Å². The van der Waals surface area contributed by atoms with Crippen LogP contribution in [0.4, 0.5) is 8.78 Å². The van der Waals surface area contributed by atoms with E-state index in [1.54, 1.807) is 24.3 Å². The van der Waals surface area contributed by atoms with Gasteiger partial charge < -0.3 is 9.47 Å². The first-order valence-corrected chi connectivity index (χ1v) is 14.3. The number of rotatable bonds is 11. The Hall–Kier alpha value is -2.03. The van der Waals surface area contributed by atoms with Crippen LogP contribution in [0, 0.1) is 17.1 Å². The molecule has 2 aliphatic rings. The highest BCUT2D eigenvalue weighted by Gasteiger charge is 2.27. The van der Waals surface area contributed by atoms with Gasteiger partial charge in [-0.05, 0) is 74.0 Å². The second kappa shape index (κ2) is 13.7. The van der Waals surface area contributed by atoms with Crippen molar-refractivity contribution in [3.8, 4) is 11.8 Å². The van der Waals surface area contributed by atoms with Gasteiger partial charge in [0.05, 0.1) is 10.6 Å². The minimum Gasteiger partial charge on any atom is -0.487 e. The number of amides is 1. The number of hydrogen-bond acceptors (Lipinski definition) is 7. The van der Waals surface area contributed by atoms with Gasteiger partial charge in [0.15, 0.2) is 5.75 Å². The lowest BCUT2D eigenvalue weighted by Gasteiger charge is -2.35. The maximum atomic E-state index is 13.3. The maximum absolute atomic E-state index is 13.3. The first-order chi connectivity index (χ1) is 17.9. The fourth-order valence-electron chi connectivity index (χ4n) is 4.03. The second-order valence-corrected chi connectivity index (χ2v) is 11.3. The molecule has 2 unspecified atom stereocenters. The Bertz CT molecular complexity index is 1110. The lowest BCUT2D eigenvalue weighted by Crippen LogP contribution is -2.49. The van der Waals surface area contributed by atoms with Crippen LogP contribution in [0.25, 0.3) is 0 Å². The zero-order valence-electron chi connectivity index (χ0n) is 20.1. The van der Waals surface area contributed by atoms with E-state index in [9.17, 15) is 18.8 Å². The lowest BCUT2D eigenvalue weighted by molar-refractivity contribution is -0.133. The summed E-state index contributed by atoms with van der Waals surface area (Å²) in [4.78, 5) is 15.9. The van der Waals surface area contributed by atoms with Crippen molar-refractivity contribution < 1.29 is 23.0 Å². The van der Waals surface area contributed by atoms with Crippen LogP contribution in [-0.2, 0) is 9.53 Å². The van der Waals surface area contributed by atoms with E-state index < -0.39 is 12.3 Å². The lowest BCUT2D eigenvalue weighted by atomic mass is 10.1. The normalized spacial score (nSPS) is 19.0. The monoisotopic (exact) mass is 567 g/mol. The van der Waals surface area contributed by atoms with E-state index in [0.29, 0.717) is 49.7 Å². The molecule has 0 spiro atoms. The van der Waals surface area contributed by atoms with Crippen LogP contribution in [0.1, 0.15) is 31.2 Å². The molecular weight excluding hydrogens is 540 g/mol. The number of halogens is 3. The van der Waals surface area contributed by atoms with Crippen molar-refractivity contribution in [1.29, 1.82) is 5.26 Å². The first-order valence-electron chi connectivity index (χ1n) is 12.1. The Morgan fingerprint density at radius 2 is 2.05 bits per heavy atom. The third-order valence-corrected chi connectivity index (χ3v) is 8.29. The van der Waals surface area contributed by atoms with Crippen LogP contribution in [0.3, 0.4) is 0 Å². The molecule has 0 radical (unpaired) electrons. The van der Waals surface area contributed by atoms with Gasteiger partial charge in [-0.2, -0.15) is 5.26 Å². The van der Waals surface area contributed by atoms with Gasteiger partial charge >= 0.3 is 0 Å². The smallest absolute Gasteiger partial charge is 0.259 e. The number of nitrogens with zero attached hydrogens (tertiary/aromatic N) is 2. The molecule has 2 aromatic rings. The summed E-state index contributed by atoms with van der Waals surface area (Å²) in [6, 6.07) is 11.6. The summed E-state index contributed by atoms with van der Waals surface area (Å²) in [5.41, 5.74) is 0.253. The van der Waals surface area contributed by atoms with E-state index in [1.807, 2.05) is 4.90 Å². The van der Waals surface area contributed by atoms with Gasteiger partial charge in [0, 0.05) is 41.8 Å². The number of benzene rings is 2. The van der Waals surface area contributed by atoms with Crippen molar-refractivity contribution in [2.45, 2.75) is 53.9 Å². The van der Waals surface area contributed by atoms with Gasteiger partial charge in [0.2, 0.25) is 0 Å². The van der Waals surface area contributed by atoms with Crippen molar-refractivity contribution in [3.05, 3.63) is 52.8 Å². The third-order valence-electron chi connectivity index (χ3n) is 6.09. The SMILES string of the molecule is N#Cc1cc(SNC(=O)C2CCCCO2)cc(Cl)c1OC(CCN1CC(F)C1)CSc1ccc(F)cc1.